The normalized spacial score (nSPS) is 27.2. The van der Waals surface area contributed by atoms with Crippen LogP contribution in [0, 0.1) is 17.3 Å². The van der Waals surface area contributed by atoms with E-state index in [1.807, 2.05) is 25.7 Å². The maximum atomic E-state index is 12.8. The summed E-state index contributed by atoms with van der Waals surface area (Å²) in [4.78, 5) is 27.2. The highest BCUT2D eigenvalue weighted by molar-refractivity contribution is 5.97. The van der Waals surface area contributed by atoms with Gasteiger partial charge in [0.05, 0.1) is 0 Å². The number of amides is 2. The Kier molecular flexibility index (Phi) is 4.64. The first-order valence-electron chi connectivity index (χ1n) is 8.31. The first-order chi connectivity index (χ1) is 9.70. The van der Waals surface area contributed by atoms with Crippen molar-refractivity contribution in [3.63, 3.8) is 0 Å². The molecule has 0 radical (unpaired) electrons. The molecule has 0 aromatic heterocycles. The zero-order chi connectivity index (χ0) is 15.8. The first-order valence-corrected chi connectivity index (χ1v) is 8.31. The molecule has 1 N–H and O–H groups in total. The highest BCUT2D eigenvalue weighted by Crippen LogP contribution is 2.35. The number of nitrogens with zero attached hydrogens (tertiary/aromatic N) is 1. The van der Waals surface area contributed by atoms with E-state index in [9.17, 15) is 9.59 Å². The molecule has 1 saturated carbocycles. The highest BCUT2D eigenvalue weighted by atomic mass is 16.2. The van der Waals surface area contributed by atoms with Crippen molar-refractivity contribution in [2.75, 3.05) is 6.54 Å². The Hall–Kier alpha value is -1.06. The van der Waals surface area contributed by atoms with Gasteiger partial charge in [0.15, 0.2) is 0 Å². The number of carbonyl (C=O) groups is 2. The van der Waals surface area contributed by atoms with Gasteiger partial charge in [0.2, 0.25) is 11.8 Å². The molecule has 1 aliphatic carbocycles. The van der Waals surface area contributed by atoms with Gasteiger partial charge >= 0.3 is 0 Å². The number of piperazine rings is 1. The lowest BCUT2D eigenvalue weighted by atomic mass is 9.82. The van der Waals surface area contributed by atoms with Crippen molar-refractivity contribution in [3.05, 3.63) is 0 Å². The van der Waals surface area contributed by atoms with Gasteiger partial charge in [-0.1, -0.05) is 47.5 Å². The summed E-state index contributed by atoms with van der Waals surface area (Å²) in [6.07, 6.45) is 4.33. The molecular formula is C17H30N2O2. The minimum absolute atomic E-state index is 0.0172. The van der Waals surface area contributed by atoms with Crippen molar-refractivity contribution >= 4 is 11.8 Å². The van der Waals surface area contributed by atoms with Crippen molar-refractivity contribution < 1.29 is 9.59 Å². The van der Waals surface area contributed by atoms with Gasteiger partial charge in [-0.15, -0.1) is 0 Å². The van der Waals surface area contributed by atoms with Gasteiger partial charge in [0.1, 0.15) is 12.1 Å². The summed E-state index contributed by atoms with van der Waals surface area (Å²) < 4.78 is 0. The second-order valence-corrected chi connectivity index (χ2v) is 8.22. The third kappa shape index (κ3) is 3.98. The zero-order valence-corrected chi connectivity index (χ0v) is 14.1. The molecule has 2 rings (SSSR count). The Labute approximate surface area is 128 Å². The van der Waals surface area contributed by atoms with Crippen LogP contribution in [0.4, 0.5) is 0 Å². The van der Waals surface area contributed by atoms with Crippen LogP contribution >= 0.6 is 0 Å². The molecule has 4 nitrogen and oxygen atoms in total. The minimum Gasteiger partial charge on any atom is -0.342 e. The Morgan fingerprint density at radius 1 is 1.24 bits per heavy atom. The maximum absolute atomic E-state index is 12.8. The zero-order valence-electron chi connectivity index (χ0n) is 14.1. The number of rotatable bonds is 5. The Morgan fingerprint density at radius 3 is 2.33 bits per heavy atom. The molecule has 2 aliphatic rings. The van der Waals surface area contributed by atoms with Crippen LogP contribution in [0.2, 0.25) is 0 Å². The molecule has 0 spiro atoms. The summed E-state index contributed by atoms with van der Waals surface area (Å²) in [7, 11) is 0. The maximum Gasteiger partial charge on any atom is 0.245 e. The molecule has 2 amide bonds. The van der Waals surface area contributed by atoms with E-state index >= 15 is 0 Å². The van der Waals surface area contributed by atoms with E-state index in [1.165, 1.54) is 12.8 Å². The summed E-state index contributed by atoms with van der Waals surface area (Å²) in [6, 6.07) is -0.678. The van der Waals surface area contributed by atoms with Crippen molar-refractivity contribution in [2.45, 2.75) is 72.4 Å². The quantitative estimate of drug-likeness (QED) is 0.847. The van der Waals surface area contributed by atoms with Crippen LogP contribution in [0.1, 0.15) is 60.3 Å². The topological polar surface area (TPSA) is 49.4 Å². The van der Waals surface area contributed by atoms with Gasteiger partial charge in [-0.2, -0.15) is 0 Å². The van der Waals surface area contributed by atoms with Crippen LogP contribution in [-0.2, 0) is 9.59 Å². The lowest BCUT2D eigenvalue weighted by Crippen LogP contribution is -2.67. The van der Waals surface area contributed by atoms with E-state index in [0.717, 1.165) is 25.3 Å². The fourth-order valence-electron chi connectivity index (χ4n) is 3.24. The fourth-order valence-corrected chi connectivity index (χ4v) is 3.24. The summed E-state index contributed by atoms with van der Waals surface area (Å²) in [5, 5.41) is 2.96. The largest absolute Gasteiger partial charge is 0.342 e. The smallest absolute Gasteiger partial charge is 0.245 e. The van der Waals surface area contributed by atoms with Gasteiger partial charge in [0.25, 0.3) is 0 Å². The van der Waals surface area contributed by atoms with Crippen molar-refractivity contribution in [2.24, 2.45) is 17.3 Å². The van der Waals surface area contributed by atoms with Gasteiger partial charge in [-0.3, -0.25) is 9.59 Å². The second-order valence-electron chi connectivity index (χ2n) is 8.22. The van der Waals surface area contributed by atoms with E-state index in [0.29, 0.717) is 5.92 Å². The molecule has 0 aromatic carbocycles. The molecule has 4 heteroatoms. The fraction of sp³-hybridized carbons (Fsp3) is 0.882. The van der Waals surface area contributed by atoms with E-state index in [4.69, 9.17) is 0 Å². The standard InChI is InChI=1S/C17H30N2O2/c1-11(2)10-13-16(21)19(9-8-12-6-7-12)14(15(20)18-13)17(3,4)5/h11-14H,6-10H2,1-5H3,(H,18,20). The van der Waals surface area contributed by atoms with Gasteiger partial charge in [-0.05, 0) is 30.1 Å². The van der Waals surface area contributed by atoms with E-state index in [-0.39, 0.29) is 29.3 Å². The second kappa shape index (κ2) is 5.98. The van der Waals surface area contributed by atoms with Crippen LogP contribution < -0.4 is 5.32 Å². The van der Waals surface area contributed by atoms with Crippen LogP contribution in [0.5, 0.6) is 0 Å². The molecule has 0 aromatic rings. The molecule has 0 bridgehead atoms. The summed E-state index contributed by atoms with van der Waals surface area (Å²) >= 11 is 0. The van der Waals surface area contributed by atoms with Crippen LogP contribution in [-0.4, -0.2) is 35.3 Å². The van der Waals surface area contributed by atoms with Crippen LogP contribution in [0.25, 0.3) is 0 Å². The molecule has 2 atom stereocenters. The molecule has 1 saturated heterocycles. The van der Waals surface area contributed by atoms with Gasteiger partial charge < -0.3 is 10.2 Å². The molecule has 1 heterocycles. The molecule has 1 aliphatic heterocycles. The molecule has 2 unspecified atom stereocenters. The lowest BCUT2D eigenvalue weighted by Gasteiger charge is -2.45. The summed E-state index contributed by atoms with van der Waals surface area (Å²) in [5.41, 5.74) is -0.230. The first kappa shape index (κ1) is 16.3. The van der Waals surface area contributed by atoms with E-state index in [2.05, 4.69) is 19.2 Å². The molecule has 120 valence electrons. The number of nitrogens with one attached hydrogen (secondary N) is 1. The van der Waals surface area contributed by atoms with Crippen LogP contribution in [0.15, 0.2) is 0 Å². The van der Waals surface area contributed by atoms with Gasteiger partial charge in [-0.25, -0.2) is 0 Å². The Balaban J connectivity index is 2.16. The summed E-state index contributed by atoms with van der Waals surface area (Å²) in [6.45, 7) is 11.0. The third-order valence-corrected chi connectivity index (χ3v) is 4.46. The Morgan fingerprint density at radius 2 is 1.86 bits per heavy atom. The van der Waals surface area contributed by atoms with Crippen molar-refractivity contribution in [1.82, 2.24) is 10.2 Å². The molecular weight excluding hydrogens is 264 g/mol. The summed E-state index contributed by atoms with van der Waals surface area (Å²) in [5.74, 6) is 1.30. The number of carbonyl (C=O) groups excluding carboxylic acids is 2. The minimum atomic E-state index is -0.341. The number of hydrogen-bond acceptors (Lipinski definition) is 2. The lowest BCUT2D eigenvalue weighted by molar-refractivity contribution is -0.154. The SMILES string of the molecule is CC(C)CC1NC(=O)C(C(C)(C)C)N(CCC2CC2)C1=O. The molecule has 2 fully saturated rings. The van der Waals surface area contributed by atoms with Crippen molar-refractivity contribution in [1.29, 1.82) is 0 Å². The predicted molar refractivity (Wildman–Crippen MR) is 83.7 cm³/mol. The number of hydrogen-bond donors (Lipinski definition) is 1. The van der Waals surface area contributed by atoms with E-state index in [1.54, 1.807) is 0 Å². The highest BCUT2D eigenvalue weighted by Gasteiger charge is 2.46. The van der Waals surface area contributed by atoms with Crippen molar-refractivity contribution in [3.8, 4) is 0 Å². The van der Waals surface area contributed by atoms with Crippen LogP contribution in [0.3, 0.4) is 0 Å². The molecule has 21 heavy (non-hydrogen) atoms. The Bertz CT molecular complexity index is 408. The van der Waals surface area contributed by atoms with Gasteiger partial charge in [0, 0.05) is 6.54 Å². The predicted octanol–water partition coefficient (Wildman–Crippen LogP) is 2.57. The van der Waals surface area contributed by atoms with E-state index < -0.39 is 0 Å². The monoisotopic (exact) mass is 294 g/mol. The average Bonchev–Trinajstić information content (AvgIpc) is 3.12. The third-order valence-electron chi connectivity index (χ3n) is 4.46. The average molecular weight is 294 g/mol.